The van der Waals surface area contributed by atoms with Crippen LogP contribution < -0.4 is 0 Å². The zero-order valence-electron chi connectivity index (χ0n) is 11.4. The predicted molar refractivity (Wildman–Crippen MR) is 79.4 cm³/mol. The molecule has 1 heterocycles. The minimum Gasteiger partial charge on any atom is -0.260 e. The first kappa shape index (κ1) is 12.0. The zero-order chi connectivity index (χ0) is 13.2. The van der Waals surface area contributed by atoms with Gasteiger partial charge >= 0.3 is 0 Å². The summed E-state index contributed by atoms with van der Waals surface area (Å²) in [6.45, 7) is 5.10. The maximum atomic E-state index is 4.68. The van der Waals surface area contributed by atoms with Gasteiger partial charge in [-0.2, -0.15) is 5.10 Å². The highest BCUT2D eigenvalue weighted by molar-refractivity contribution is 5.82. The van der Waals surface area contributed by atoms with Crippen molar-refractivity contribution in [2.24, 2.45) is 0 Å². The molecule has 0 bridgehead atoms. The van der Waals surface area contributed by atoms with E-state index in [1.165, 1.54) is 22.0 Å². The standard InChI is InChI=1S/C17H18N2/c1-3-14-9-10-17-16(11-14)13(2)18-19(17)12-15-7-5-4-6-8-15/h4-11H,3,12H2,1-2H3. The lowest BCUT2D eigenvalue weighted by Crippen LogP contribution is -2.01. The highest BCUT2D eigenvalue weighted by atomic mass is 15.3. The van der Waals surface area contributed by atoms with E-state index in [0.29, 0.717) is 0 Å². The molecule has 0 saturated carbocycles. The fourth-order valence-electron chi connectivity index (χ4n) is 2.48. The average molecular weight is 250 g/mol. The molecular formula is C17H18N2. The third kappa shape index (κ3) is 2.26. The molecule has 0 fully saturated rings. The van der Waals surface area contributed by atoms with Crippen LogP contribution in [0, 0.1) is 6.92 Å². The maximum Gasteiger partial charge on any atom is 0.0689 e. The van der Waals surface area contributed by atoms with Gasteiger partial charge in [0.05, 0.1) is 17.8 Å². The summed E-state index contributed by atoms with van der Waals surface area (Å²) in [6, 6.07) is 17.1. The van der Waals surface area contributed by atoms with E-state index >= 15 is 0 Å². The summed E-state index contributed by atoms with van der Waals surface area (Å²) in [4.78, 5) is 0. The van der Waals surface area contributed by atoms with Crippen LogP contribution in [0.4, 0.5) is 0 Å². The molecule has 0 N–H and O–H groups in total. The highest BCUT2D eigenvalue weighted by Crippen LogP contribution is 2.21. The van der Waals surface area contributed by atoms with E-state index in [0.717, 1.165) is 18.7 Å². The fourth-order valence-corrected chi connectivity index (χ4v) is 2.48. The number of hydrogen-bond acceptors (Lipinski definition) is 1. The number of nitrogens with zero attached hydrogens (tertiary/aromatic N) is 2. The van der Waals surface area contributed by atoms with Gasteiger partial charge in [0.25, 0.3) is 0 Å². The number of aromatic nitrogens is 2. The summed E-state index contributed by atoms with van der Waals surface area (Å²) >= 11 is 0. The van der Waals surface area contributed by atoms with Crippen molar-refractivity contribution in [3.8, 4) is 0 Å². The molecule has 0 atom stereocenters. The fraction of sp³-hybridized carbons (Fsp3) is 0.235. The Labute approximate surface area is 113 Å². The number of fused-ring (bicyclic) bond motifs is 1. The first-order valence-electron chi connectivity index (χ1n) is 6.78. The Morgan fingerprint density at radius 2 is 1.79 bits per heavy atom. The molecule has 19 heavy (non-hydrogen) atoms. The smallest absolute Gasteiger partial charge is 0.0689 e. The molecule has 0 unspecified atom stereocenters. The first-order valence-corrected chi connectivity index (χ1v) is 6.78. The van der Waals surface area contributed by atoms with Gasteiger partial charge in [-0.1, -0.05) is 43.3 Å². The van der Waals surface area contributed by atoms with Crippen LogP contribution in [0.2, 0.25) is 0 Å². The second kappa shape index (κ2) is 4.88. The van der Waals surface area contributed by atoms with Crippen LogP contribution in [0.25, 0.3) is 10.9 Å². The van der Waals surface area contributed by atoms with Crippen molar-refractivity contribution in [2.45, 2.75) is 26.8 Å². The minimum absolute atomic E-state index is 0.830. The third-order valence-corrected chi connectivity index (χ3v) is 3.58. The maximum absolute atomic E-state index is 4.68. The van der Waals surface area contributed by atoms with Gasteiger partial charge in [-0.25, -0.2) is 0 Å². The molecule has 0 saturated heterocycles. The predicted octanol–water partition coefficient (Wildman–Crippen LogP) is 3.96. The SMILES string of the molecule is CCc1ccc2c(c1)c(C)nn2Cc1ccccc1. The quantitative estimate of drug-likeness (QED) is 0.688. The number of benzene rings is 2. The molecular weight excluding hydrogens is 232 g/mol. The summed E-state index contributed by atoms with van der Waals surface area (Å²) in [5.74, 6) is 0. The molecule has 3 aromatic rings. The third-order valence-electron chi connectivity index (χ3n) is 3.58. The van der Waals surface area contributed by atoms with Gasteiger partial charge in [-0.15, -0.1) is 0 Å². The Bertz CT molecular complexity index is 696. The lowest BCUT2D eigenvalue weighted by atomic mass is 10.1. The van der Waals surface area contributed by atoms with Crippen molar-refractivity contribution < 1.29 is 0 Å². The Balaban J connectivity index is 2.05. The Morgan fingerprint density at radius 1 is 1.00 bits per heavy atom. The Morgan fingerprint density at radius 3 is 2.53 bits per heavy atom. The second-order valence-electron chi connectivity index (χ2n) is 4.93. The Kier molecular flexibility index (Phi) is 3.08. The van der Waals surface area contributed by atoms with Crippen LogP contribution in [0.15, 0.2) is 48.5 Å². The van der Waals surface area contributed by atoms with Gasteiger partial charge in [-0.3, -0.25) is 4.68 Å². The topological polar surface area (TPSA) is 17.8 Å². The lowest BCUT2D eigenvalue weighted by molar-refractivity contribution is 0.703. The molecule has 0 aliphatic carbocycles. The average Bonchev–Trinajstić information content (AvgIpc) is 2.76. The normalized spacial score (nSPS) is 11.1. The molecule has 1 aromatic heterocycles. The molecule has 0 spiro atoms. The summed E-state index contributed by atoms with van der Waals surface area (Å²) < 4.78 is 2.10. The largest absolute Gasteiger partial charge is 0.260 e. The van der Waals surface area contributed by atoms with E-state index in [-0.39, 0.29) is 0 Å². The van der Waals surface area contributed by atoms with Crippen LogP contribution in [0.5, 0.6) is 0 Å². The molecule has 96 valence electrons. The van der Waals surface area contributed by atoms with Crippen molar-refractivity contribution in [1.29, 1.82) is 0 Å². The van der Waals surface area contributed by atoms with E-state index in [1.807, 2.05) is 6.07 Å². The monoisotopic (exact) mass is 250 g/mol. The first-order chi connectivity index (χ1) is 9.28. The van der Waals surface area contributed by atoms with Crippen molar-refractivity contribution in [3.05, 3.63) is 65.4 Å². The number of rotatable bonds is 3. The van der Waals surface area contributed by atoms with Gasteiger partial charge in [0.15, 0.2) is 0 Å². The van der Waals surface area contributed by atoms with Crippen LogP contribution in [0.1, 0.15) is 23.7 Å². The van der Waals surface area contributed by atoms with Gasteiger partial charge in [0.1, 0.15) is 0 Å². The minimum atomic E-state index is 0.830. The summed E-state index contributed by atoms with van der Waals surface area (Å²) in [5.41, 5.74) is 4.99. The van der Waals surface area contributed by atoms with Gasteiger partial charge in [0, 0.05) is 5.39 Å². The molecule has 0 aliphatic rings. The molecule has 2 heteroatoms. The Hall–Kier alpha value is -2.09. The van der Waals surface area contributed by atoms with E-state index in [9.17, 15) is 0 Å². The number of aryl methyl sites for hydroxylation is 2. The van der Waals surface area contributed by atoms with Gasteiger partial charge in [-0.05, 0) is 36.6 Å². The van der Waals surface area contributed by atoms with Crippen LogP contribution in [-0.4, -0.2) is 9.78 Å². The van der Waals surface area contributed by atoms with Crippen molar-refractivity contribution >= 4 is 10.9 Å². The zero-order valence-corrected chi connectivity index (χ0v) is 11.4. The molecule has 0 radical (unpaired) electrons. The summed E-state index contributed by atoms with van der Waals surface area (Å²) in [5, 5.41) is 5.95. The molecule has 0 amide bonds. The van der Waals surface area contributed by atoms with Gasteiger partial charge < -0.3 is 0 Å². The summed E-state index contributed by atoms with van der Waals surface area (Å²) in [6.07, 6.45) is 1.07. The molecule has 2 aromatic carbocycles. The molecule has 3 rings (SSSR count). The molecule has 0 aliphatic heterocycles. The van der Waals surface area contributed by atoms with Crippen molar-refractivity contribution in [1.82, 2.24) is 9.78 Å². The second-order valence-corrected chi connectivity index (χ2v) is 4.93. The van der Waals surface area contributed by atoms with Crippen LogP contribution in [0.3, 0.4) is 0 Å². The van der Waals surface area contributed by atoms with Crippen LogP contribution in [-0.2, 0) is 13.0 Å². The van der Waals surface area contributed by atoms with E-state index in [2.05, 4.69) is 66.1 Å². The van der Waals surface area contributed by atoms with Crippen molar-refractivity contribution in [2.75, 3.05) is 0 Å². The van der Waals surface area contributed by atoms with E-state index < -0.39 is 0 Å². The van der Waals surface area contributed by atoms with E-state index in [1.54, 1.807) is 0 Å². The highest BCUT2D eigenvalue weighted by Gasteiger charge is 2.08. The van der Waals surface area contributed by atoms with Gasteiger partial charge in [0.2, 0.25) is 0 Å². The summed E-state index contributed by atoms with van der Waals surface area (Å²) in [7, 11) is 0. The lowest BCUT2D eigenvalue weighted by Gasteiger charge is -2.04. The van der Waals surface area contributed by atoms with Crippen molar-refractivity contribution in [3.63, 3.8) is 0 Å². The van der Waals surface area contributed by atoms with Crippen LogP contribution >= 0.6 is 0 Å². The number of hydrogen-bond donors (Lipinski definition) is 0. The van der Waals surface area contributed by atoms with E-state index in [4.69, 9.17) is 0 Å². The molecule has 2 nitrogen and oxygen atoms in total.